The molecule has 24 heavy (non-hydrogen) atoms. The molecular weight excluding hydrogens is 304 g/mol. The molecule has 1 aliphatic carbocycles. The van der Waals surface area contributed by atoms with Crippen LogP contribution in [0.1, 0.15) is 32.1 Å². The van der Waals surface area contributed by atoms with Crippen LogP contribution in [0, 0.1) is 11.8 Å². The quantitative estimate of drug-likeness (QED) is 0.863. The van der Waals surface area contributed by atoms with Gasteiger partial charge in [0.15, 0.2) is 0 Å². The van der Waals surface area contributed by atoms with E-state index in [-0.39, 0.29) is 6.03 Å². The Morgan fingerprint density at radius 3 is 2.50 bits per heavy atom. The molecule has 1 aromatic rings. The molecule has 132 valence electrons. The molecule has 1 aromatic carbocycles. The van der Waals surface area contributed by atoms with Crippen molar-refractivity contribution in [2.75, 3.05) is 38.7 Å². The molecule has 0 atom stereocenters. The van der Waals surface area contributed by atoms with Gasteiger partial charge in [-0.1, -0.05) is 6.42 Å². The zero-order valence-corrected chi connectivity index (χ0v) is 14.5. The maximum atomic E-state index is 12.2. The summed E-state index contributed by atoms with van der Waals surface area (Å²) in [4.78, 5) is 14.0. The van der Waals surface area contributed by atoms with Gasteiger partial charge in [0.25, 0.3) is 0 Å². The van der Waals surface area contributed by atoms with Gasteiger partial charge in [-0.25, -0.2) is 4.79 Å². The van der Waals surface area contributed by atoms with Crippen molar-refractivity contribution in [3.8, 4) is 5.75 Å². The van der Waals surface area contributed by atoms with E-state index in [1.54, 1.807) is 4.90 Å². The van der Waals surface area contributed by atoms with Gasteiger partial charge in [-0.15, -0.1) is 0 Å². The van der Waals surface area contributed by atoms with Crippen molar-refractivity contribution in [1.29, 1.82) is 0 Å². The molecule has 1 heterocycles. The first kappa shape index (κ1) is 17.1. The van der Waals surface area contributed by atoms with Gasteiger partial charge in [-0.3, -0.25) is 0 Å². The second-order valence-corrected chi connectivity index (χ2v) is 7.00. The van der Waals surface area contributed by atoms with Crippen molar-refractivity contribution in [3.05, 3.63) is 24.3 Å². The highest BCUT2D eigenvalue weighted by molar-refractivity contribution is 5.89. The molecule has 1 aliphatic heterocycles. The number of hydrogen-bond acceptors (Lipinski definition) is 3. The zero-order chi connectivity index (χ0) is 16.8. The number of benzene rings is 1. The average molecular weight is 332 g/mol. The molecule has 5 heteroatoms. The normalized spacial score (nSPS) is 18.7. The summed E-state index contributed by atoms with van der Waals surface area (Å²) < 4.78 is 11.2. The highest BCUT2D eigenvalue weighted by Gasteiger charge is 2.21. The summed E-state index contributed by atoms with van der Waals surface area (Å²) in [6.45, 7) is 3.26. The largest absolute Gasteiger partial charge is 0.493 e. The van der Waals surface area contributed by atoms with Crippen LogP contribution in [0.3, 0.4) is 0 Å². The molecular formula is C19H28N2O3. The molecule has 1 saturated carbocycles. The van der Waals surface area contributed by atoms with Crippen LogP contribution >= 0.6 is 0 Å². The van der Waals surface area contributed by atoms with Crippen molar-refractivity contribution in [2.45, 2.75) is 32.1 Å². The van der Waals surface area contributed by atoms with Crippen LogP contribution in [-0.2, 0) is 4.74 Å². The van der Waals surface area contributed by atoms with Gasteiger partial charge in [0.05, 0.1) is 6.61 Å². The molecule has 0 radical (unpaired) electrons. The smallest absolute Gasteiger partial charge is 0.321 e. The van der Waals surface area contributed by atoms with Crippen molar-refractivity contribution >= 4 is 11.7 Å². The highest BCUT2D eigenvalue weighted by atomic mass is 16.5. The maximum Gasteiger partial charge on any atom is 0.321 e. The number of amides is 2. The van der Waals surface area contributed by atoms with E-state index >= 15 is 0 Å². The van der Waals surface area contributed by atoms with Crippen molar-refractivity contribution in [1.82, 2.24) is 4.90 Å². The Morgan fingerprint density at radius 2 is 1.88 bits per heavy atom. The van der Waals surface area contributed by atoms with Crippen LogP contribution in [0.2, 0.25) is 0 Å². The summed E-state index contributed by atoms with van der Waals surface area (Å²) >= 11 is 0. The summed E-state index contributed by atoms with van der Waals surface area (Å²) in [6, 6.07) is 7.59. The zero-order valence-electron chi connectivity index (χ0n) is 14.5. The van der Waals surface area contributed by atoms with Gasteiger partial charge in [-0.2, -0.15) is 0 Å². The van der Waals surface area contributed by atoms with E-state index in [0.717, 1.165) is 50.6 Å². The summed E-state index contributed by atoms with van der Waals surface area (Å²) in [5.74, 6) is 2.11. The molecule has 0 spiro atoms. The lowest BCUT2D eigenvalue weighted by molar-refractivity contribution is 0.0497. The minimum Gasteiger partial charge on any atom is -0.493 e. The molecule has 2 aliphatic rings. The number of ether oxygens (including phenoxy) is 2. The van der Waals surface area contributed by atoms with E-state index in [1.165, 1.54) is 19.3 Å². The Morgan fingerprint density at radius 1 is 1.17 bits per heavy atom. The molecule has 0 unspecified atom stereocenters. The Hall–Kier alpha value is -1.75. The van der Waals surface area contributed by atoms with E-state index in [1.807, 2.05) is 31.3 Å². The fourth-order valence-electron chi connectivity index (χ4n) is 3.13. The number of carbonyl (C=O) groups is 1. The van der Waals surface area contributed by atoms with Gasteiger partial charge in [0, 0.05) is 32.5 Å². The van der Waals surface area contributed by atoms with Gasteiger partial charge in [0.2, 0.25) is 0 Å². The summed E-state index contributed by atoms with van der Waals surface area (Å²) in [7, 11) is 1.86. The first-order valence-corrected chi connectivity index (χ1v) is 9.03. The number of urea groups is 1. The minimum absolute atomic E-state index is 0.0437. The molecule has 2 fully saturated rings. The predicted octanol–water partition coefficient (Wildman–Crippen LogP) is 3.76. The van der Waals surface area contributed by atoms with Crippen LogP contribution in [0.15, 0.2) is 24.3 Å². The monoisotopic (exact) mass is 332 g/mol. The van der Waals surface area contributed by atoms with Crippen molar-refractivity contribution < 1.29 is 14.3 Å². The second kappa shape index (κ2) is 8.38. The van der Waals surface area contributed by atoms with E-state index < -0.39 is 0 Å². The topological polar surface area (TPSA) is 50.8 Å². The minimum atomic E-state index is -0.0437. The number of nitrogens with zero attached hydrogens (tertiary/aromatic N) is 1. The molecule has 3 rings (SSSR count). The van der Waals surface area contributed by atoms with Gasteiger partial charge >= 0.3 is 6.03 Å². The van der Waals surface area contributed by atoms with E-state index in [2.05, 4.69) is 5.32 Å². The molecule has 0 aromatic heterocycles. The number of anilines is 1. The Bertz CT molecular complexity index is 522. The molecule has 0 bridgehead atoms. The SMILES string of the molecule is CN(CC1CCC1)C(=O)Nc1ccc(OCC2CCOCC2)cc1. The molecule has 1 saturated heterocycles. The molecule has 5 nitrogen and oxygen atoms in total. The van der Waals surface area contributed by atoms with Crippen molar-refractivity contribution in [3.63, 3.8) is 0 Å². The van der Waals surface area contributed by atoms with Crippen LogP contribution < -0.4 is 10.1 Å². The van der Waals surface area contributed by atoms with Crippen molar-refractivity contribution in [2.24, 2.45) is 11.8 Å². The van der Waals surface area contributed by atoms with E-state index in [9.17, 15) is 4.79 Å². The van der Waals surface area contributed by atoms with Gasteiger partial charge < -0.3 is 19.7 Å². The van der Waals surface area contributed by atoms with E-state index in [0.29, 0.717) is 11.8 Å². The lowest BCUT2D eigenvalue weighted by atomic mass is 9.85. The Balaban J connectivity index is 1.42. The van der Waals surface area contributed by atoms with Crippen LogP contribution in [0.25, 0.3) is 0 Å². The third-order valence-electron chi connectivity index (χ3n) is 5.04. The van der Waals surface area contributed by atoms with Crippen LogP contribution in [0.5, 0.6) is 5.75 Å². The number of hydrogen-bond donors (Lipinski definition) is 1. The average Bonchev–Trinajstić information content (AvgIpc) is 2.58. The van der Waals surface area contributed by atoms with Crippen LogP contribution in [-0.4, -0.2) is 44.3 Å². The third-order valence-corrected chi connectivity index (χ3v) is 5.04. The number of rotatable bonds is 6. The number of carbonyl (C=O) groups excluding carboxylic acids is 1. The molecule has 2 amide bonds. The summed E-state index contributed by atoms with van der Waals surface area (Å²) in [6.07, 6.45) is 5.94. The van der Waals surface area contributed by atoms with Gasteiger partial charge in [0.1, 0.15) is 5.75 Å². The molecule has 1 N–H and O–H groups in total. The summed E-state index contributed by atoms with van der Waals surface area (Å²) in [5.41, 5.74) is 0.805. The first-order chi connectivity index (χ1) is 11.7. The predicted molar refractivity (Wildman–Crippen MR) is 94.5 cm³/mol. The standard InChI is InChI=1S/C19H28N2O3/c1-21(13-15-3-2-4-15)19(22)20-17-5-7-18(8-6-17)24-14-16-9-11-23-12-10-16/h5-8,15-16H,2-4,9-14H2,1H3,(H,20,22). The maximum absolute atomic E-state index is 12.2. The lowest BCUT2D eigenvalue weighted by Crippen LogP contribution is -2.37. The summed E-state index contributed by atoms with van der Waals surface area (Å²) in [5, 5.41) is 2.94. The van der Waals surface area contributed by atoms with E-state index in [4.69, 9.17) is 9.47 Å². The fourth-order valence-corrected chi connectivity index (χ4v) is 3.13. The Labute approximate surface area is 144 Å². The lowest BCUT2D eigenvalue weighted by Gasteiger charge is -2.30. The first-order valence-electron chi connectivity index (χ1n) is 9.03. The third kappa shape index (κ3) is 4.87. The highest BCUT2D eigenvalue weighted by Crippen LogP contribution is 2.27. The second-order valence-electron chi connectivity index (χ2n) is 7.00. The number of nitrogens with one attached hydrogen (secondary N) is 1. The Kier molecular flexibility index (Phi) is 5.96. The van der Waals surface area contributed by atoms with Gasteiger partial charge in [-0.05, 0) is 61.8 Å². The van der Waals surface area contributed by atoms with Crippen LogP contribution in [0.4, 0.5) is 10.5 Å². The fraction of sp³-hybridized carbons (Fsp3) is 0.632.